The van der Waals surface area contributed by atoms with Crippen LogP contribution in [0.1, 0.15) is 0 Å². The zero-order chi connectivity index (χ0) is 11.0. The van der Waals surface area contributed by atoms with Crippen molar-refractivity contribution in [3.63, 3.8) is 0 Å². The zero-order valence-corrected chi connectivity index (χ0v) is 9.70. The van der Waals surface area contributed by atoms with E-state index in [2.05, 4.69) is 20.9 Å². The number of hydrogen-bond donors (Lipinski definition) is 1. The van der Waals surface area contributed by atoms with Crippen molar-refractivity contribution in [2.24, 2.45) is 0 Å². The molecule has 2 N–H and O–H groups in total. The highest BCUT2D eigenvalue weighted by atomic mass is 79.9. The lowest BCUT2D eigenvalue weighted by atomic mass is 10.1. The van der Waals surface area contributed by atoms with Gasteiger partial charge in [-0.2, -0.15) is 0 Å². The number of anilines is 1. The minimum absolute atomic E-state index is 0.188. The molecule has 0 aliphatic rings. The van der Waals surface area contributed by atoms with Crippen molar-refractivity contribution < 1.29 is 8.78 Å². The quantitative estimate of drug-likeness (QED) is 0.817. The minimum atomic E-state index is -0.666. The lowest BCUT2D eigenvalue weighted by Crippen LogP contribution is -1.90. The molecular weight excluding hydrogens is 286 g/mol. The van der Waals surface area contributed by atoms with E-state index < -0.39 is 11.6 Å². The lowest BCUT2D eigenvalue weighted by Gasteiger charge is -2.02. The standard InChI is InChI=1S/C9H5BrF2N2S/c10-7-5(11)2-1-4(8(7)12)6-3-15-9(13)14-6/h1-3H,(H2,13,14). The molecule has 6 heteroatoms. The molecular formula is C9H5BrF2N2S. The van der Waals surface area contributed by atoms with E-state index in [1.807, 2.05) is 0 Å². The Balaban J connectivity index is 2.59. The molecule has 2 rings (SSSR count). The molecule has 0 radical (unpaired) electrons. The Morgan fingerprint density at radius 2 is 2.07 bits per heavy atom. The number of nitrogen functional groups attached to an aromatic ring is 1. The van der Waals surface area contributed by atoms with Gasteiger partial charge in [-0.15, -0.1) is 11.3 Å². The van der Waals surface area contributed by atoms with Crippen LogP contribution in [0, 0.1) is 11.6 Å². The Morgan fingerprint density at radius 1 is 1.33 bits per heavy atom. The van der Waals surface area contributed by atoms with Gasteiger partial charge in [0.05, 0.1) is 10.2 Å². The SMILES string of the molecule is Nc1nc(-c2ccc(F)c(Br)c2F)cs1. The van der Waals surface area contributed by atoms with Crippen LogP contribution >= 0.6 is 27.3 Å². The van der Waals surface area contributed by atoms with Gasteiger partial charge in [0, 0.05) is 10.9 Å². The number of halogens is 3. The van der Waals surface area contributed by atoms with Gasteiger partial charge in [0.15, 0.2) is 5.13 Å². The first kappa shape index (κ1) is 10.5. The molecule has 0 bridgehead atoms. The van der Waals surface area contributed by atoms with Crippen LogP contribution in [0.3, 0.4) is 0 Å². The van der Waals surface area contributed by atoms with Crippen molar-refractivity contribution in [1.82, 2.24) is 4.98 Å². The van der Waals surface area contributed by atoms with Crippen LogP contribution in [-0.4, -0.2) is 4.98 Å². The molecule has 1 aromatic carbocycles. The van der Waals surface area contributed by atoms with E-state index in [4.69, 9.17) is 5.73 Å². The van der Waals surface area contributed by atoms with Gasteiger partial charge in [0.25, 0.3) is 0 Å². The van der Waals surface area contributed by atoms with Crippen molar-refractivity contribution in [2.75, 3.05) is 5.73 Å². The van der Waals surface area contributed by atoms with Gasteiger partial charge in [-0.05, 0) is 28.1 Å². The van der Waals surface area contributed by atoms with Crippen molar-refractivity contribution in [2.45, 2.75) is 0 Å². The maximum absolute atomic E-state index is 13.6. The van der Waals surface area contributed by atoms with E-state index in [0.29, 0.717) is 10.8 Å². The second kappa shape index (κ2) is 3.86. The van der Waals surface area contributed by atoms with Crippen LogP contribution in [0.15, 0.2) is 22.0 Å². The van der Waals surface area contributed by atoms with Crippen LogP contribution in [-0.2, 0) is 0 Å². The van der Waals surface area contributed by atoms with E-state index in [-0.39, 0.29) is 10.0 Å². The second-order valence-corrected chi connectivity index (χ2v) is 4.48. The van der Waals surface area contributed by atoms with E-state index in [1.54, 1.807) is 5.38 Å². The number of aromatic nitrogens is 1. The Bertz CT molecular complexity index is 513. The third-order valence-electron chi connectivity index (χ3n) is 1.83. The summed E-state index contributed by atoms with van der Waals surface area (Å²) in [5.41, 5.74) is 6.08. The number of nitrogens with zero attached hydrogens (tertiary/aromatic N) is 1. The fourth-order valence-corrected chi connectivity index (χ4v) is 2.04. The summed E-state index contributed by atoms with van der Waals surface area (Å²) in [6, 6.07) is 2.52. The fourth-order valence-electron chi connectivity index (χ4n) is 1.14. The molecule has 78 valence electrons. The molecule has 0 saturated carbocycles. The normalized spacial score (nSPS) is 10.6. The lowest BCUT2D eigenvalue weighted by molar-refractivity contribution is 0.574. The summed E-state index contributed by atoms with van der Waals surface area (Å²) in [5, 5.41) is 1.97. The third-order valence-corrected chi connectivity index (χ3v) is 3.23. The van der Waals surface area contributed by atoms with Gasteiger partial charge in [0.1, 0.15) is 11.6 Å². The Hall–Kier alpha value is -1.01. The first-order valence-corrected chi connectivity index (χ1v) is 5.61. The molecule has 0 amide bonds. The van der Waals surface area contributed by atoms with Crippen LogP contribution in [0.25, 0.3) is 11.3 Å². The van der Waals surface area contributed by atoms with Crippen LogP contribution in [0.5, 0.6) is 0 Å². The second-order valence-electron chi connectivity index (χ2n) is 2.79. The largest absolute Gasteiger partial charge is 0.375 e. The van der Waals surface area contributed by atoms with Gasteiger partial charge >= 0.3 is 0 Å². The summed E-state index contributed by atoms with van der Waals surface area (Å²) in [6.07, 6.45) is 0. The van der Waals surface area contributed by atoms with Crippen molar-refractivity contribution in [1.29, 1.82) is 0 Å². The molecule has 1 heterocycles. The predicted octanol–water partition coefficient (Wildman–Crippen LogP) is 3.43. The minimum Gasteiger partial charge on any atom is -0.375 e. The highest BCUT2D eigenvalue weighted by molar-refractivity contribution is 9.10. The molecule has 1 aromatic heterocycles. The maximum Gasteiger partial charge on any atom is 0.180 e. The van der Waals surface area contributed by atoms with Gasteiger partial charge in [-0.25, -0.2) is 13.8 Å². The molecule has 0 spiro atoms. The summed E-state index contributed by atoms with van der Waals surface area (Å²) in [6.45, 7) is 0. The molecule has 15 heavy (non-hydrogen) atoms. The maximum atomic E-state index is 13.6. The predicted molar refractivity (Wildman–Crippen MR) is 59.6 cm³/mol. The highest BCUT2D eigenvalue weighted by Crippen LogP contribution is 2.30. The molecule has 2 nitrogen and oxygen atoms in total. The Labute approximate surface area is 96.9 Å². The van der Waals surface area contributed by atoms with Crippen LogP contribution in [0.4, 0.5) is 13.9 Å². The summed E-state index contributed by atoms with van der Waals surface area (Å²) in [5.74, 6) is -1.31. The van der Waals surface area contributed by atoms with Gasteiger partial charge in [0.2, 0.25) is 0 Å². The Morgan fingerprint density at radius 3 is 2.67 bits per heavy atom. The van der Waals surface area contributed by atoms with Crippen LogP contribution < -0.4 is 5.73 Å². The number of benzene rings is 1. The molecule has 0 unspecified atom stereocenters. The average Bonchev–Trinajstić information content (AvgIpc) is 2.61. The average molecular weight is 291 g/mol. The molecule has 0 aliphatic heterocycles. The third kappa shape index (κ3) is 1.87. The fraction of sp³-hybridized carbons (Fsp3) is 0. The number of thiazole rings is 1. The van der Waals surface area contributed by atoms with Gasteiger partial charge in [-0.3, -0.25) is 0 Å². The van der Waals surface area contributed by atoms with Crippen LogP contribution in [0.2, 0.25) is 0 Å². The Kier molecular flexibility index (Phi) is 2.70. The molecule has 2 aromatic rings. The molecule has 0 fully saturated rings. The topological polar surface area (TPSA) is 38.9 Å². The number of hydrogen-bond acceptors (Lipinski definition) is 3. The highest BCUT2D eigenvalue weighted by Gasteiger charge is 2.14. The molecule has 0 atom stereocenters. The molecule has 0 aliphatic carbocycles. The number of rotatable bonds is 1. The summed E-state index contributed by atoms with van der Waals surface area (Å²) in [4.78, 5) is 3.93. The first-order valence-electron chi connectivity index (χ1n) is 3.94. The monoisotopic (exact) mass is 290 g/mol. The van der Waals surface area contributed by atoms with E-state index in [9.17, 15) is 8.78 Å². The summed E-state index contributed by atoms with van der Waals surface area (Å²) >= 11 is 4.04. The number of nitrogens with two attached hydrogens (primary N) is 1. The first-order chi connectivity index (χ1) is 7.09. The van der Waals surface area contributed by atoms with E-state index in [0.717, 1.165) is 0 Å². The van der Waals surface area contributed by atoms with Crippen molar-refractivity contribution in [3.8, 4) is 11.3 Å². The van der Waals surface area contributed by atoms with E-state index in [1.165, 1.54) is 23.5 Å². The summed E-state index contributed by atoms with van der Waals surface area (Å²) in [7, 11) is 0. The van der Waals surface area contributed by atoms with Gasteiger partial charge in [-0.1, -0.05) is 0 Å². The van der Waals surface area contributed by atoms with Gasteiger partial charge < -0.3 is 5.73 Å². The van der Waals surface area contributed by atoms with Crippen molar-refractivity contribution >= 4 is 32.4 Å². The summed E-state index contributed by atoms with van der Waals surface area (Å²) < 4.78 is 26.4. The van der Waals surface area contributed by atoms with Crippen molar-refractivity contribution in [3.05, 3.63) is 33.6 Å². The smallest absolute Gasteiger partial charge is 0.180 e. The van der Waals surface area contributed by atoms with E-state index >= 15 is 0 Å². The zero-order valence-electron chi connectivity index (χ0n) is 7.30. The molecule has 0 saturated heterocycles.